The summed E-state index contributed by atoms with van der Waals surface area (Å²) in [6.07, 6.45) is 3.58. The van der Waals surface area contributed by atoms with Gasteiger partial charge in [-0.15, -0.1) is 0 Å². The number of pyridine rings is 2. The molecule has 0 bridgehead atoms. The second-order valence-corrected chi connectivity index (χ2v) is 4.98. The zero-order valence-corrected chi connectivity index (χ0v) is 13.2. The molecule has 116 valence electrons. The van der Waals surface area contributed by atoms with Gasteiger partial charge >= 0.3 is 0 Å². The summed E-state index contributed by atoms with van der Waals surface area (Å²) in [7, 11) is 5.73. The lowest BCUT2D eigenvalue weighted by molar-refractivity contribution is 0.791. The molecule has 0 spiro atoms. The highest BCUT2D eigenvalue weighted by Gasteiger charge is 2.06. The van der Waals surface area contributed by atoms with Crippen molar-refractivity contribution in [2.24, 2.45) is 4.99 Å². The molecule has 0 radical (unpaired) electrons. The molecule has 6 heteroatoms. The Hall–Kier alpha value is -2.63. The predicted octanol–water partition coefficient (Wildman–Crippen LogP) is 1.41. The molecule has 22 heavy (non-hydrogen) atoms. The minimum absolute atomic E-state index is 0.633. The van der Waals surface area contributed by atoms with Crippen LogP contribution in [0.3, 0.4) is 0 Å². The molecule has 6 nitrogen and oxygen atoms in total. The first-order chi connectivity index (χ1) is 10.7. The van der Waals surface area contributed by atoms with E-state index >= 15 is 0 Å². The van der Waals surface area contributed by atoms with Gasteiger partial charge in [-0.2, -0.15) is 0 Å². The molecule has 2 N–H and O–H groups in total. The van der Waals surface area contributed by atoms with E-state index in [4.69, 9.17) is 0 Å². The van der Waals surface area contributed by atoms with Gasteiger partial charge in [-0.25, -0.2) is 4.98 Å². The van der Waals surface area contributed by atoms with Crippen molar-refractivity contribution in [1.29, 1.82) is 0 Å². The van der Waals surface area contributed by atoms with Crippen LogP contribution in [0.15, 0.2) is 47.7 Å². The maximum Gasteiger partial charge on any atom is 0.191 e. The Kier molecular flexibility index (Phi) is 5.71. The van der Waals surface area contributed by atoms with Crippen LogP contribution in [0.25, 0.3) is 0 Å². The van der Waals surface area contributed by atoms with Crippen LogP contribution in [0.5, 0.6) is 0 Å². The minimum atomic E-state index is 0.633. The molecule has 0 aliphatic carbocycles. The number of aliphatic imine (C=N–C) groups is 1. The maximum absolute atomic E-state index is 4.39. The predicted molar refractivity (Wildman–Crippen MR) is 89.8 cm³/mol. The monoisotopic (exact) mass is 298 g/mol. The number of nitrogens with one attached hydrogen (secondary N) is 2. The fourth-order valence-corrected chi connectivity index (χ4v) is 2.05. The summed E-state index contributed by atoms with van der Waals surface area (Å²) in [5.41, 5.74) is 2.09. The van der Waals surface area contributed by atoms with Crippen LogP contribution in [0.1, 0.15) is 11.3 Å². The van der Waals surface area contributed by atoms with Gasteiger partial charge < -0.3 is 15.5 Å². The van der Waals surface area contributed by atoms with E-state index in [0.29, 0.717) is 13.1 Å². The van der Waals surface area contributed by atoms with E-state index in [1.54, 1.807) is 19.4 Å². The van der Waals surface area contributed by atoms with Gasteiger partial charge in [0.2, 0.25) is 0 Å². The topological polar surface area (TPSA) is 65.4 Å². The van der Waals surface area contributed by atoms with Crippen LogP contribution in [0.4, 0.5) is 5.82 Å². The summed E-state index contributed by atoms with van der Waals surface area (Å²) in [6, 6.07) is 9.85. The van der Waals surface area contributed by atoms with Gasteiger partial charge in [0.05, 0.1) is 12.2 Å². The lowest BCUT2D eigenvalue weighted by atomic mass is 10.2. The second-order valence-electron chi connectivity index (χ2n) is 4.98. The van der Waals surface area contributed by atoms with Gasteiger partial charge in [0.25, 0.3) is 0 Å². The Morgan fingerprint density at radius 3 is 2.50 bits per heavy atom. The molecule has 0 unspecified atom stereocenters. The number of hydrogen-bond acceptors (Lipinski definition) is 4. The summed E-state index contributed by atoms with van der Waals surface area (Å²) in [4.78, 5) is 14.9. The van der Waals surface area contributed by atoms with Crippen molar-refractivity contribution in [1.82, 2.24) is 20.6 Å². The first-order valence-corrected chi connectivity index (χ1v) is 7.16. The van der Waals surface area contributed by atoms with Crippen molar-refractivity contribution < 1.29 is 0 Å². The molecule has 0 saturated carbocycles. The number of guanidine groups is 1. The third-order valence-corrected chi connectivity index (χ3v) is 3.12. The first kappa shape index (κ1) is 15.8. The zero-order valence-electron chi connectivity index (χ0n) is 13.2. The van der Waals surface area contributed by atoms with Crippen LogP contribution in [0.2, 0.25) is 0 Å². The van der Waals surface area contributed by atoms with E-state index in [2.05, 4.69) is 31.7 Å². The van der Waals surface area contributed by atoms with Crippen LogP contribution in [-0.4, -0.2) is 37.1 Å². The van der Waals surface area contributed by atoms with Gasteiger partial charge in [-0.3, -0.25) is 9.98 Å². The van der Waals surface area contributed by atoms with E-state index in [9.17, 15) is 0 Å². The highest BCUT2D eigenvalue weighted by molar-refractivity contribution is 5.79. The number of nitrogens with zero attached hydrogens (tertiary/aromatic N) is 4. The summed E-state index contributed by atoms with van der Waals surface area (Å²) >= 11 is 0. The quantitative estimate of drug-likeness (QED) is 0.645. The molecule has 0 amide bonds. The number of anilines is 1. The van der Waals surface area contributed by atoms with Gasteiger partial charge in [0.1, 0.15) is 5.82 Å². The number of hydrogen-bond donors (Lipinski definition) is 2. The first-order valence-electron chi connectivity index (χ1n) is 7.16. The SMILES string of the molecule is CN=C(NCc1ccccn1)NCc1cccnc1N(C)C. The summed E-state index contributed by atoms with van der Waals surface area (Å²) in [6.45, 7) is 1.29. The van der Waals surface area contributed by atoms with Crippen LogP contribution >= 0.6 is 0 Å². The maximum atomic E-state index is 4.39. The van der Waals surface area contributed by atoms with E-state index < -0.39 is 0 Å². The lowest BCUT2D eigenvalue weighted by Gasteiger charge is -2.17. The van der Waals surface area contributed by atoms with Gasteiger partial charge in [-0.1, -0.05) is 12.1 Å². The summed E-state index contributed by atoms with van der Waals surface area (Å²) < 4.78 is 0. The smallest absolute Gasteiger partial charge is 0.191 e. The van der Waals surface area contributed by atoms with Crippen molar-refractivity contribution in [2.75, 3.05) is 26.0 Å². The van der Waals surface area contributed by atoms with Crippen molar-refractivity contribution in [3.05, 3.63) is 54.0 Å². The molecular weight excluding hydrogens is 276 g/mol. The fraction of sp³-hybridized carbons (Fsp3) is 0.312. The van der Waals surface area contributed by atoms with E-state index in [0.717, 1.165) is 23.0 Å². The highest BCUT2D eigenvalue weighted by atomic mass is 15.2. The fourth-order valence-electron chi connectivity index (χ4n) is 2.05. The van der Waals surface area contributed by atoms with Crippen molar-refractivity contribution in [2.45, 2.75) is 13.1 Å². The Morgan fingerprint density at radius 2 is 1.82 bits per heavy atom. The Labute approximate surface area is 131 Å². The van der Waals surface area contributed by atoms with Crippen molar-refractivity contribution >= 4 is 11.8 Å². The minimum Gasteiger partial charge on any atom is -0.362 e. The van der Waals surface area contributed by atoms with Gasteiger partial charge in [-0.05, 0) is 18.2 Å². The Bertz CT molecular complexity index is 609. The number of aromatic nitrogens is 2. The average molecular weight is 298 g/mol. The van der Waals surface area contributed by atoms with Crippen molar-refractivity contribution in [3.63, 3.8) is 0 Å². The van der Waals surface area contributed by atoms with Crippen LogP contribution < -0.4 is 15.5 Å². The van der Waals surface area contributed by atoms with Crippen LogP contribution in [-0.2, 0) is 13.1 Å². The highest BCUT2D eigenvalue weighted by Crippen LogP contribution is 2.13. The third kappa shape index (κ3) is 4.44. The molecule has 0 aliphatic heterocycles. The third-order valence-electron chi connectivity index (χ3n) is 3.12. The van der Waals surface area contributed by atoms with Crippen LogP contribution in [0, 0.1) is 0 Å². The molecule has 2 aromatic rings. The number of rotatable bonds is 5. The molecule has 0 aliphatic rings. The summed E-state index contributed by atoms with van der Waals surface area (Å²) in [5.74, 6) is 1.69. The summed E-state index contributed by atoms with van der Waals surface area (Å²) in [5, 5.41) is 6.54. The standard InChI is InChI=1S/C16H22N6/c1-17-16(21-12-14-8-4-5-9-18-14)20-11-13-7-6-10-19-15(13)22(2)3/h4-10H,11-12H2,1-3H3,(H2,17,20,21). The van der Waals surface area contributed by atoms with E-state index in [-0.39, 0.29) is 0 Å². The molecule has 0 atom stereocenters. The zero-order chi connectivity index (χ0) is 15.8. The molecule has 0 fully saturated rings. The molecular formula is C16H22N6. The van der Waals surface area contributed by atoms with E-state index in [1.165, 1.54) is 0 Å². The molecule has 0 aromatic carbocycles. The second kappa shape index (κ2) is 7.97. The molecule has 0 saturated heterocycles. The lowest BCUT2D eigenvalue weighted by Crippen LogP contribution is -2.36. The van der Waals surface area contributed by atoms with Gasteiger partial charge in [0, 0.05) is 45.6 Å². The molecule has 2 aromatic heterocycles. The van der Waals surface area contributed by atoms with Gasteiger partial charge in [0.15, 0.2) is 5.96 Å². The van der Waals surface area contributed by atoms with E-state index in [1.807, 2.05) is 43.3 Å². The Morgan fingerprint density at radius 1 is 1.05 bits per heavy atom. The Balaban J connectivity index is 1.92. The largest absolute Gasteiger partial charge is 0.362 e. The average Bonchev–Trinajstić information content (AvgIpc) is 2.56. The van der Waals surface area contributed by atoms with Crippen molar-refractivity contribution in [3.8, 4) is 0 Å². The molecule has 2 heterocycles. The normalized spacial score (nSPS) is 11.1. The molecule has 2 rings (SSSR count).